The van der Waals surface area contributed by atoms with Gasteiger partial charge in [0.1, 0.15) is 18.2 Å². The van der Waals surface area contributed by atoms with Crippen LogP contribution in [0.5, 0.6) is 0 Å². The van der Waals surface area contributed by atoms with Crippen molar-refractivity contribution in [3.63, 3.8) is 0 Å². The van der Waals surface area contributed by atoms with E-state index in [0.29, 0.717) is 24.3 Å². The van der Waals surface area contributed by atoms with Gasteiger partial charge in [0.25, 0.3) is 0 Å². The minimum atomic E-state index is -2.02. The van der Waals surface area contributed by atoms with E-state index in [1.807, 2.05) is 5.32 Å². The van der Waals surface area contributed by atoms with Crippen LogP contribution in [0.25, 0.3) is 11.1 Å². The highest BCUT2D eigenvalue weighted by molar-refractivity contribution is 6.07. The van der Waals surface area contributed by atoms with Crippen molar-refractivity contribution in [2.45, 2.75) is 6.30 Å². The predicted octanol–water partition coefficient (Wildman–Crippen LogP) is 4.76. The van der Waals surface area contributed by atoms with Crippen molar-refractivity contribution < 1.29 is 26.3 Å². The van der Waals surface area contributed by atoms with Crippen LogP contribution in [0.3, 0.4) is 0 Å². The van der Waals surface area contributed by atoms with E-state index in [0.717, 1.165) is 12.2 Å². The van der Waals surface area contributed by atoms with Crippen molar-refractivity contribution in [2.24, 2.45) is 0 Å². The van der Waals surface area contributed by atoms with E-state index >= 15 is 0 Å². The largest absolute Gasteiger partial charge is 0.329 e. The molecule has 176 valence electrons. The lowest BCUT2D eigenvalue weighted by molar-refractivity contribution is 0.323. The summed E-state index contributed by atoms with van der Waals surface area (Å²) in [5.41, 5.74) is -2.70. The molecule has 1 atom stereocenters. The standard InChI is InChI=1S/C24H8F6N6/c25-16-1-10(2-17(26)34-16)13(7-31)22-23(14(8-32)11-3-18(27)35-19(28)4-11)24(22)15(9-33)12-5-20(29)36-21(30)6-12/h1-6,16,34H. The van der Waals surface area contributed by atoms with Gasteiger partial charge in [-0.05, 0) is 17.7 Å². The smallest absolute Gasteiger partial charge is 0.216 e. The zero-order chi connectivity index (χ0) is 26.1. The molecule has 0 amide bonds. The Balaban J connectivity index is 2.11. The van der Waals surface area contributed by atoms with Gasteiger partial charge in [-0.1, -0.05) is 0 Å². The molecule has 6 nitrogen and oxygen atoms in total. The Morgan fingerprint density at radius 2 is 1.08 bits per heavy atom. The molecule has 2 aliphatic rings. The minimum absolute atomic E-state index is 0.176. The number of alkyl halides is 1. The molecular weight excluding hydrogens is 486 g/mol. The van der Waals surface area contributed by atoms with Gasteiger partial charge in [-0.15, -0.1) is 0 Å². The Hall–Kier alpha value is -5.15. The number of nitrogens with zero attached hydrogens (tertiary/aromatic N) is 5. The van der Waals surface area contributed by atoms with Gasteiger partial charge in [0.15, 0.2) is 12.2 Å². The SMILES string of the molecule is N#CC(C1=CC(F)NC(F)=C1)=C1C(=C(C#N)c2cc(F)nc(F)c2)C1=C(C#N)c1cc(F)nc(F)c1. The van der Waals surface area contributed by atoms with Gasteiger partial charge in [-0.25, -0.2) is 4.39 Å². The average molecular weight is 494 g/mol. The molecule has 1 aliphatic heterocycles. The Labute approximate surface area is 198 Å². The van der Waals surface area contributed by atoms with E-state index in [1.165, 1.54) is 0 Å². The molecule has 1 N–H and O–H groups in total. The highest BCUT2D eigenvalue weighted by Crippen LogP contribution is 2.55. The second-order valence-electron chi connectivity index (χ2n) is 7.25. The summed E-state index contributed by atoms with van der Waals surface area (Å²) < 4.78 is 82.8. The van der Waals surface area contributed by atoms with E-state index in [-0.39, 0.29) is 33.4 Å². The fraction of sp³-hybridized carbons (Fsp3) is 0.0417. The van der Waals surface area contributed by atoms with Gasteiger partial charge in [-0.2, -0.15) is 47.7 Å². The first-order valence-corrected chi connectivity index (χ1v) is 9.78. The van der Waals surface area contributed by atoms with Gasteiger partial charge in [0.05, 0.1) is 16.7 Å². The quantitative estimate of drug-likeness (QED) is 0.285. The third kappa shape index (κ3) is 4.46. The maximum atomic E-state index is 13.9. The predicted molar refractivity (Wildman–Crippen MR) is 111 cm³/mol. The molecule has 4 rings (SSSR count). The third-order valence-corrected chi connectivity index (χ3v) is 5.05. The van der Waals surface area contributed by atoms with Crippen LogP contribution in [-0.4, -0.2) is 16.3 Å². The molecular formula is C24H8F6N6. The van der Waals surface area contributed by atoms with Crippen LogP contribution in [-0.2, 0) is 0 Å². The first-order chi connectivity index (χ1) is 17.2. The van der Waals surface area contributed by atoms with Gasteiger partial charge < -0.3 is 5.32 Å². The highest BCUT2D eigenvalue weighted by Gasteiger charge is 2.42. The van der Waals surface area contributed by atoms with Crippen LogP contribution < -0.4 is 5.32 Å². The average Bonchev–Trinajstić information content (AvgIpc) is 3.47. The third-order valence-electron chi connectivity index (χ3n) is 5.05. The van der Waals surface area contributed by atoms with Gasteiger partial charge in [-0.3, -0.25) is 0 Å². The van der Waals surface area contributed by atoms with Crippen molar-refractivity contribution in [2.75, 3.05) is 0 Å². The molecule has 0 spiro atoms. The number of hydrogen-bond donors (Lipinski definition) is 1. The van der Waals surface area contributed by atoms with Crippen molar-refractivity contribution in [1.82, 2.24) is 15.3 Å². The summed E-state index contributed by atoms with van der Waals surface area (Å²) in [6.45, 7) is 0. The van der Waals surface area contributed by atoms with E-state index in [1.54, 1.807) is 18.2 Å². The molecule has 1 aliphatic carbocycles. The Morgan fingerprint density at radius 3 is 1.44 bits per heavy atom. The first kappa shape index (κ1) is 24.0. The van der Waals surface area contributed by atoms with E-state index in [2.05, 4.69) is 9.97 Å². The number of nitrogens with one attached hydrogen (secondary N) is 1. The molecule has 36 heavy (non-hydrogen) atoms. The summed E-state index contributed by atoms with van der Waals surface area (Å²) in [7, 11) is 0. The molecule has 2 aromatic heterocycles. The number of allylic oxidation sites excluding steroid dienone is 8. The zero-order valence-electron chi connectivity index (χ0n) is 17.5. The molecule has 2 aromatic rings. The molecule has 0 aromatic carbocycles. The fourth-order valence-electron chi connectivity index (χ4n) is 3.66. The summed E-state index contributed by atoms with van der Waals surface area (Å²) in [5.74, 6) is -6.23. The van der Waals surface area contributed by atoms with Crippen LogP contribution in [0.1, 0.15) is 11.1 Å². The van der Waals surface area contributed by atoms with Crippen molar-refractivity contribution >= 4 is 11.1 Å². The lowest BCUT2D eigenvalue weighted by Crippen LogP contribution is -2.23. The maximum Gasteiger partial charge on any atom is 0.216 e. The van der Waals surface area contributed by atoms with E-state index < -0.39 is 52.8 Å². The summed E-state index contributed by atoms with van der Waals surface area (Å²) in [6, 6.07) is 8.05. The second-order valence-corrected chi connectivity index (χ2v) is 7.25. The van der Waals surface area contributed by atoms with E-state index in [9.17, 15) is 42.1 Å². The number of nitriles is 3. The first-order valence-electron chi connectivity index (χ1n) is 9.78. The summed E-state index contributed by atoms with van der Waals surface area (Å²) in [6.07, 6.45) is -0.395. The number of pyridine rings is 2. The van der Waals surface area contributed by atoms with Crippen LogP contribution in [0.4, 0.5) is 26.3 Å². The Kier molecular flexibility index (Phi) is 6.16. The van der Waals surface area contributed by atoms with Crippen LogP contribution in [0, 0.1) is 57.8 Å². The lowest BCUT2D eigenvalue weighted by atomic mass is 10.0. The molecule has 0 saturated heterocycles. The molecule has 1 saturated carbocycles. The zero-order valence-corrected chi connectivity index (χ0v) is 17.5. The Bertz CT molecular complexity index is 1480. The maximum absolute atomic E-state index is 13.9. The van der Waals surface area contributed by atoms with Crippen molar-refractivity contribution in [3.8, 4) is 18.2 Å². The van der Waals surface area contributed by atoms with E-state index in [4.69, 9.17) is 0 Å². The van der Waals surface area contributed by atoms with Gasteiger partial charge >= 0.3 is 0 Å². The van der Waals surface area contributed by atoms with Gasteiger partial charge in [0, 0.05) is 52.1 Å². The highest BCUT2D eigenvalue weighted by atomic mass is 19.2. The fourth-order valence-corrected chi connectivity index (χ4v) is 3.66. The van der Waals surface area contributed by atoms with Crippen LogP contribution >= 0.6 is 0 Å². The molecule has 1 fully saturated rings. The monoisotopic (exact) mass is 494 g/mol. The lowest BCUT2D eigenvalue weighted by Gasteiger charge is -2.13. The normalized spacial score (nSPS) is 19.1. The topological polar surface area (TPSA) is 109 Å². The number of halogens is 6. The van der Waals surface area contributed by atoms with Crippen LogP contribution in [0.2, 0.25) is 0 Å². The summed E-state index contributed by atoms with van der Waals surface area (Å²) in [5, 5.41) is 31.2. The summed E-state index contributed by atoms with van der Waals surface area (Å²) >= 11 is 0. The number of rotatable bonds is 3. The van der Waals surface area contributed by atoms with Crippen LogP contribution in [0.15, 0.2) is 70.2 Å². The second kappa shape index (κ2) is 9.24. The molecule has 0 bridgehead atoms. The van der Waals surface area contributed by atoms with Gasteiger partial charge in [0.2, 0.25) is 23.8 Å². The van der Waals surface area contributed by atoms with Crippen molar-refractivity contribution in [1.29, 1.82) is 15.8 Å². The number of aromatic nitrogens is 2. The molecule has 1 unspecified atom stereocenters. The minimum Gasteiger partial charge on any atom is -0.329 e. The molecule has 3 heterocycles. The number of hydrogen-bond acceptors (Lipinski definition) is 6. The summed E-state index contributed by atoms with van der Waals surface area (Å²) in [4.78, 5) is 5.87. The van der Waals surface area contributed by atoms with Crippen molar-refractivity contribution in [3.05, 3.63) is 105 Å². The number of dihydropyridines is 1. The molecule has 12 heteroatoms. The molecule has 0 radical (unpaired) electrons. The Morgan fingerprint density at radius 1 is 0.694 bits per heavy atom.